The van der Waals surface area contributed by atoms with Gasteiger partial charge in [-0.25, -0.2) is 0 Å². The van der Waals surface area contributed by atoms with E-state index in [-0.39, 0.29) is 0 Å². The minimum absolute atomic E-state index is 0.695. The Morgan fingerprint density at radius 2 is 1.78 bits per heavy atom. The number of aryl methyl sites for hydroxylation is 1. The number of nitrogens with zero attached hydrogens (tertiary/aromatic N) is 1. The molecular formula is C14H11ClN2O. The van der Waals surface area contributed by atoms with Gasteiger partial charge in [-0.1, -0.05) is 11.6 Å². The molecule has 1 aromatic heterocycles. The fraction of sp³-hybridized carbons (Fsp3) is 0.0714. The molecule has 1 heterocycles. The van der Waals surface area contributed by atoms with E-state index in [0.29, 0.717) is 5.02 Å². The van der Waals surface area contributed by atoms with Gasteiger partial charge < -0.3 is 4.74 Å². The molecule has 1 N–H and O–H groups in total. The first kappa shape index (κ1) is 11.1. The molecule has 0 unspecified atom stereocenters. The molecule has 0 aliphatic carbocycles. The maximum Gasteiger partial charge on any atom is 0.129 e. The van der Waals surface area contributed by atoms with Crippen molar-refractivity contribution in [1.82, 2.24) is 10.2 Å². The van der Waals surface area contributed by atoms with Crippen LogP contribution in [0.25, 0.3) is 10.9 Å². The highest BCUT2D eigenvalue weighted by Crippen LogP contribution is 2.26. The summed E-state index contributed by atoms with van der Waals surface area (Å²) in [7, 11) is 0. The van der Waals surface area contributed by atoms with E-state index < -0.39 is 0 Å². The van der Waals surface area contributed by atoms with E-state index in [1.807, 2.05) is 37.3 Å². The summed E-state index contributed by atoms with van der Waals surface area (Å²) >= 11 is 5.83. The lowest BCUT2D eigenvalue weighted by Crippen LogP contribution is -1.83. The minimum Gasteiger partial charge on any atom is -0.457 e. The van der Waals surface area contributed by atoms with Crippen LogP contribution in [-0.4, -0.2) is 10.2 Å². The molecular weight excluding hydrogens is 248 g/mol. The maximum absolute atomic E-state index is 5.83. The number of hydrogen-bond acceptors (Lipinski definition) is 2. The van der Waals surface area contributed by atoms with Crippen LogP contribution in [-0.2, 0) is 0 Å². The van der Waals surface area contributed by atoms with Crippen molar-refractivity contribution in [2.75, 3.05) is 0 Å². The lowest BCUT2D eigenvalue weighted by Gasteiger charge is -2.05. The Hall–Kier alpha value is -2.00. The molecule has 2 aromatic carbocycles. The number of fused-ring (bicyclic) bond motifs is 1. The number of halogens is 1. The van der Waals surface area contributed by atoms with Gasteiger partial charge in [0.1, 0.15) is 11.5 Å². The second-order valence-corrected chi connectivity index (χ2v) is 4.52. The van der Waals surface area contributed by atoms with Crippen LogP contribution < -0.4 is 4.74 Å². The van der Waals surface area contributed by atoms with Crippen LogP contribution >= 0.6 is 11.6 Å². The molecule has 0 radical (unpaired) electrons. The first-order valence-corrected chi connectivity index (χ1v) is 5.98. The number of aromatic nitrogens is 2. The summed E-state index contributed by atoms with van der Waals surface area (Å²) in [5.41, 5.74) is 1.96. The number of nitrogens with one attached hydrogen (secondary N) is 1. The van der Waals surface area contributed by atoms with Crippen molar-refractivity contribution in [3.05, 3.63) is 53.2 Å². The predicted octanol–water partition coefficient (Wildman–Crippen LogP) is 4.32. The van der Waals surface area contributed by atoms with Crippen molar-refractivity contribution < 1.29 is 4.74 Å². The summed E-state index contributed by atoms with van der Waals surface area (Å²) in [6.07, 6.45) is 0. The van der Waals surface area contributed by atoms with Gasteiger partial charge in [-0.2, -0.15) is 5.10 Å². The first-order valence-electron chi connectivity index (χ1n) is 5.60. The highest BCUT2D eigenvalue weighted by atomic mass is 35.5. The van der Waals surface area contributed by atoms with Crippen molar-refractivity contribution in [3.63, 3.8) is 0 Å². The minimum atomic E-state index is 0.695. The Balaban J connectivity index is 1.92. The van der Waals surface area contributed by atoms with Crippen LogP contribution in [0.4, 0.5) is 0 Å². The van der Waals surface area contributed by atoms with Gasteiger partial charge >= 0.3 is 0 Å². The summed E-state index contributed by atoms with van der Waals surface area (Å²) in [4.78, 5) is 0. The monoisotopic (exact) mass is 258 g/mol. The van der Waals surface area contributed by atoms with Crippen LogP contribution in [0.15, 0.2) is 42.5 Å². The van der Waals surface area contributed by atoms with Gasteiger partial charge in [0, 0.05) is 22.2 Å². The smallest absolute Gasteiger partial charge is 0.129 e. The lowest BCUT2D eigenvalue weighted by atomic mass is 10.2. The van der Waals surface area contributed by atoms with Crippen LogP contribution in [0.3, 0.4) is 0 Å². The highest BCUT2D eigenvalue weighted by Gasteiger charge is 2.03. The topological polar surface area (TPSA) is 37.9 Å². The number of ether oxygens (including phenoxy) is 1. The molecule has 0 amide bonds. The standard InChI is InChI=1S/C14H11ClN2O/c1-9-13-7-6-12(8-14(13)17-16-9)18-11-4-2-10(15)3-5-11/h2-8H,1H3,(H,16,17). The third-order valence-electron chi connectivity index (χ3n) is 2.77. The van der Waals surface area contributed by atoms with Crippen LogP contribution in [0.5, 0.6) is 11.5 Å². The second-order valence-electron chi connectivity index (χ2n) is 4.08. The van der Waals surface area contributed by atoms with Crippen molar-refractivity contribution in [3.8, 4) is 11.5 Å². The van der Waals surface area contributed by atoms with Crippen molar-refractivity contribution in [2.45, 2.75) is 6.92 Å². The predicted molar refractivity (Wildman–Crippen MR) is 72.4 cm³/mol. The SMILES string of the molecule is Cc1[nH]nc2cc(Oc3ccc(Cl)cc3)ccc12. The summed E-state index contributed by atoms with van der Waals surface area (Å²) in [6, 6.07) is 13.1. The summed E-state index contributed by atoms with van der Waals surface area (Å²) < 4.78 is 5.74. The van der Waals surface area contributed by atoms with Gasteiger partial charge in [0.15, 0.2) is 0 Å². The first-order chi connectivity index (χ1) is 8.72. The van der Waals surface area contributed by atoms with Crippen LogP contribution in [0.2, 0.25) is 5.02 Å². The zero-order chi connectivity index (χ0) is 12.5. The van der Waals surface area contributed by atoms with Gasteiger partial charge in [-0.3, -0.25) is 5.10 Å². The fourth-order valence-electron chi connectivity index (χ4n) is 1.83. The maximum atomic E-state index is 5.83. The van der Waals surface area contributed by atoms with E-state index in [0.717, 1.165) is 28.1 Å². The molecule has 3 nitrogen and oxygen atoms in total. The van der Waals surface area contributed by atoms with E-state index in [1.165, 1.54) is 0 Å². The molecule has 0 atom stereocenters. The molecule has 90 valence electrons. The van der Waals surface area contributed by atoms with Gasteiger partial charge in [-0.05, 0) is 43.3 Å². The summed E-state index contributed by atoms with van der Waals surface area (Å²) in [6.45, 7) is 2.00. The van der Waals surface area contributed by atoms with E-state index in [9.17, 15) is 0 Å². The van der Waals surface area contributed by atoms with E-state index in [2.05, 4.69) is 10.2 Å². The molecule has 0 aliphatic heterocycles. The number of rotatable bonds is 2. The molecule has 0 saturated carbocycles. The van der Waals surface area contributed by atoms with Crippen molar-refractivity contribution in [1.29, 1.82) is 0 Å². The van der Waals surface area contributed by atoms with Gasteiger partial charge in [0.25, 0.3) is 0 Å². The quantitative estimate of drug-likeness (QED) is 0.743. The Bertz CT molecular complexity index is 689. The Kier molecular flexibility index (Phi) is 2.68. The molecule has 0 aliphatic rings. The molecule has 0 spiro atoms. The Morgan fingerprint density at radius 1 is 1.06 bits per heavy atom. The Labute approximate surface area is 109 Å². The van der Waals surface area contributed by atoms with Crippen LogP contribution in [0, 0.1) is 6.92 Å². The van der Waals surface area contributed by atoms with Crippen molar-refractivity contribution >= 4 is 22.5 Å². The fourth-order valence-corrected chi connectivity index (χ4v) is 1.95. The third kappa shape index (κ3) is 2.05. The number of aromatic amines is 1. The molecule has 0 fully saturated rings. The second kappa shape index (κ2) is 4.35. The van der Waals surface area contributed by atoms with Crippen molar-refractivity contribution in [2.24, 2.45) is 0 Å². The van der Waals surface area contributed by atoms with E-state index in [1.54, 1.807) is 12.1 Å². The van der Waals surface area contributed by atoms with Gasteiger partial charge in [-0.15, -0.1) is 0 Å². The third-order valence-corrected chi connectivity index (χ3v) is 3.02. The lowest BCUT2D eigenvalue weighted by molar-refractivity contribution is 0.483. The zero-order valence-corrected chi connectivity index (χ0v) is 10.5. The van der Waals surface area contributed by atoms with Crippen LogP contribution in [0.1, 0.15) is 5.69 Å². The highest BCUT2D eigenvalue weighted by molar-refractivity contribution is 6.30. The number of H-pyrrole nitrogens is 1. The average Bonchev–Trinajstić information content (AvgIpc) is 2.74. The van der Waals surface area contributed by atoms with E-state index >= 15 is 0 Å². The average molecular weight is 259 g/mol. The molecule has 3 rings (SSSR count). The molecule has 0 saturated heterocycles. The van der Waals surface area contributed by atoms with Gasteiger partial charge in [0.05, 0.1) is 5.52 Å². The number of hydrogen-bond donors (Lipinski definition) is 1. The molecule has 4 heteroatoms. The zero-order valence-electron chi connectivity index (χ0n) is 9.77. The molecule has 3 aromatic rings. The molecule has 0 bridgehead atoms. The normalized spacial score (nSPS) is 10.8. The summed E-state index contributed by atoms with van der Waals surface area (Å²) in [5, 5.41) is 8.97. The summed E-state index contributed by atoms with van der Waals surface area (Å²) in [5.74, 6) is 1.52. The van der Waals surface area contributed by atoms with E-state index in [4.69, 9.17) is 16.3 Å². The number of benzene rings is 2. The largest absolute Gasteiger partial charge is 0.457 e. The van der Waals surface area contributed by atoms with Gasteiger partial charge in [0.2, 0.25) is 0 Å². The molecule has 18 heavy (non-hydrogen) atoms. The Morgan fingerprint density at radius 3 is 2.56 bits per heavy atom.